The molecule has 1 fully saturated rings. The molecule has 1 aromatic heterocycles. The minimum Gasteiger partial charge on any atom is -0.350 e. The molecule has 2 aromatic rings. The van der Waals surface area contributed by atoms with E-state index in [0.717, 1.165) is 30.4 Å². The second-order valence-electron chi connectivity index (χ2n) is 7.77. The molecule has 1 N–H and O–H groups in total. The lowest BCUT2D eigenvalue weighted by atomic mass is 10.1. The molecule has 1 aliphatic rings. The van der Waals surface area contributed by atoms with Crippen LogP contribution in [-0.4, -0.2) is 36.9 Å². The number of amides is 1. The number of anilines is 1. The molecule has 2 heterocycles. The van der Waals surface area contributed by atoms with Crippen molar-refractivity contribution in [1.29, 1.82) is 0 Å². The number of hydrogen-bond acceptors (Lipinski definition) is 3. The number of carbonyl (C=O) groups is 1. The third kappa shape index (κ3) is 3.81. The Morgan fingerprint density at radius 3 is 2.07 bits per heavy atom. The fourth-order valence-corrected chi connectivity index (χ4v) is 5.55. The van der Waals surface area contributed by atoms with Gasteiger partial charge in [-0.3, -0.25) is 9.52 Å². The summed E-state index contributed by atoms with van der Waals surface area (Å²) in [4.78, 5) is 15.1. The van der Waals surface area contributed by atoms with Crippen molar-refractivity contribution in [1.82, 2.24) is 9.47 Å². The summed E-state index contributed by atoms with van der Waals surface area (Å²) in [6.45, 7) is 8.75. The maximum atomic E-state index is 13.3. The van der Waals surface area contributed by atoms with E-state index in [-0.39, 0.29) is 10.8 Å². The van der Waals surface area contributed by atoms with Crippen LogP contribution in [0.1, 0.15) is 52.1 Å². The minimum atomic E-state index is -3.91. The van der Waals surface area contributed by atoms with E-state index in [4.69, 9.17) is 0 Å². The second kappa shape index (κ2) is 7.62. The van der Waals surface area contributed by atoms with Crippen molar-refractivity contribution in [3.63, 3.8) is 0 Å². The number of aromatic nitrogens is 1. The molecule has 152 valence electrons. The van der Waals surface area contributed by atoms with Crippen molar-refractivity contribution < 1.29 is 13.2 Å². The number of sulfonamides is 1. The van der Waals surface area contributed by atoms with E-state index < -0.39 is 10.0 Å². The summed E-state index contributed by atoms with van der Waals surface area (Å²) in [5.74, 6) is -0.193. The molecule has 0 bridgehead atoms. The third-order valence-corrected chi connectivity index (χ3v) is 7.06. The van der Waals surface area contributed by atoms with Crippen molar-refractivity contribution in [3.8, 4) is 0 Å². The molecular weight excluding hydrogens is 374 g/mol. The quantitative estimate of drug-likeness (QED) is 0.846. The summed E-state index contributed by atoms with van der Waals surface area (Å²) in [6.07, 6.45) is 3.02. The zero-order valence-corrected chi connectivity index (χ0v) is 18.1. The van der Waals surface area contributed by atoms with E-state index in [2.05, 4.69) is 4.72 Å². The lowest BCUT2D eigenvalue weighted by molar-refractivity contribution is 0.0720. The number of benzene rings is 1. The van der Waals surface area contributed by atoms with Crippen LogP contribution in [0.4, 0.5) is 5.69 Å². The van der Waals surface area contributed by atoms with Crippen LogP contribution in [0, 0.1) is 27.7 Å². The number of likely N-dealkylation sites (tertiary alicyclic amines) is 1. The van der Waals surface area contributed by atoms with E-state index >= 15 is 0 Å². The number of hydrogen-bond donors (Lipinski definition) is 1. The molecule has 0 radical (unpaired) electrons. The van der Waals surface area contributed by atoms with Crippen molar-refractivity contribution in [2.45, 2.75) is 51.9 Å². The first-order chi connectivity index (χ1) is 13.1. The van der Waals surface area contributed by atoms with Crippen LogP contribution in [-0.2, 0) is 17.1 Å². The van der Waals surface area contributed by atoms with E-state index in [1.54, 1.807) is 42.5 Å². The fourth-order valence-electron chi connectivity index (χ4n) is 3.99. The van der Waals surface area contributed by atoms with Crippen molar-refractivity contribution >= 4 is 21.6 Å². The standard InChI is InChI=1S/C21H29N3O3S/c1-14-11-15(2)13-18(12-14)22-28(26,27)20-17(4)23(5)16(3)19(20)21(25)24-9-7-6-8-10-24/h11-13,22H,6-10H2,1-5H3. The highest BCUT2D eigenvalue weighted by atomic mass is 32.2. The minimum absolute atomic E-state index is 0.0854. The highest BCUT2D eigenvalue weighted by Gasteiger charge is 2.33. The van der Waals surface area contributed by atoms with E-state index in [9.17, 15) is 13.2 Å². The summed E-state index contributed by atoms with van der Waals surface area (Å²) >= 11 is 0. The topological polar surface area (TPSA) is 71.4 Å². The van der Waals surface area contributed by atoms with Gasteiger partial charge in [0.15, 0.2) is 0 Å². The molecule has 1 amide bonds. The number of aryl methyl sites for hydroxylation is 2. The summed E-state index contributed by atoms with van der Waals surface area (Å²) in [6, 6.07) is 5.57. The van der Waals surface area contributed by atoms with Gasteiger partial charge in [0.25, 0.3) is 15.9 Å². The Morgan fingerprint density at radius 2 is 1.50 bits per heavy atom. The molecule has 0 aliphatic carbocycles. The molecule has 1 saturated heterocycles. The summed E-state index contributed by atoms with van der Waals surface area (Å²) in [7, 11) is -2.11. The van der Waals surface area contributed by atoms with Crippen molar-refractivity contribution in [2.75, 3.05) is 17.8 Å². The second-order valence-corrected chi connectivity index (χ2v) is 9.39. The Kier molecular flexibility index (Phi) is 5.57. The largest absolute Gasteiger partial charge is 0.350 e. The highest BCUT2D eigenvalue weighted by Crippen LogP contribution is 2.30. The fraction of sp³-hybridized carbons (Fsp3) is 0.476. The van der Waals surface area contributed by atoms with Gasteiger partial charge in [0.2, 0.25) is 0 Å². The summed E-state index contributed by atoms with van der Waals surface area (Å²) in [5, 5.41) is 0. The number of carbonyl (C=O) groups excluding carboxylic acids is 1. The molecule has 3 rings (SSSR count). The molecule has 0 spiro atoms. The average molecular weight is 404 g/mol. The van der Waals surface area contributed by atoms with E-state index in [1.807, 2.05) is 19.9 Å². The Hall–Kier alpha value is -2.28. The van der Waals surface area contributed by atoms with E-state index in [1.165, 1.54) is 0 Å². The van der Waals surface area contributed by atoms with Gasteiger partial charge < -0.3 is 9.47 Å². The zero-order valence-electron chi connectivity index (χ0n) is 17.3. The predicted octanol–water partition coefficient (Wildman–Crippen LogP) is 3.69. The number of rotatable bonds is 4. The van der Waals surface area contributed by atoms with Crippen molar-refractivity contribution in [2.24, 2.45) is 7.05 Å². The first kappa shape index (κ1) is 20.5. The van der Waals surface area contributed by atoms with Gasteiger partial charge in [0, 0.05) is 37.2 Å². The van der Waals surface area contributed by atoms with Gasteiger partial charge in [-0.2, -0.15) is 0 Å². The van der Waals surface area contributed by atoms with Gasteiger partial charge in [0.05, 0.1) is 5.56 Å². The van der Waals surface area contributed by atoms with Crippen LogP contribution in [0.2, 0.25) is 0 Å². The molecule has 1 aromatic carbocycles. The molecule has 0 atom stereocenters. The first-order valence-corrected chi connectivity index (χ1v) is 11.2. The Balaban J connectivity index is 2.07. The average Bonchev–Trinajstić information content (AvgIpc) is 2.85. The molecular formula is C21H29N3O3S. The first-order valence-electron chi connectivity index (χ1n) is 9.68. The molecule has 0 saturated carbocycles. The van der Waals surface area contributed by atoms with Gasteiger partial charge in [-0.05, 0) is 70.2 Å². The highest BCUT2D eigenvalue weighted by molar-refractivity contribution is 7.92. The van der Waals surface area contributed by atoms with Crippen LogP contribution >= 0.6 is 0 Å². The third-order valence-electron chi connectivity index (χ3n) is 5.52. The normalized spacial score (nSPS) is 15.0. The molecule has 0 unspecified atom stereocenters. The van der Waals surface area contributed by atoms with Gasteiger partial charge in [-0.25, -0.2) is 8.42 Å². The predicted molar refractivity (Wildman–Crippen MR) is 111 cm³/mol. The van der Waals surface area contributed by atoms with Crippen molar-refractivity contribution in [3.05, 3.63) is 46.3 Å². The molecule has 6 nitrogen and oxygen atoms in total. The van der Waals surface area contributed by atoms with Gasteiger partial charge >= 0.3 is 0 Å². The van der Waals surface area contributed by atoms with Gasteiger partial charge in [-0.1, -0.05) is 6.07 Å². The van der Waals surface area contributed by atoms with Crippen LogP contribution in [0.25, 0.3) is 0 Å². The van der Waals surface area contributed by atoms with Crippen LogP contribution in [0.15, 0.2) is 23.1 Å². The maximum absolute atomic E-state index is 13.3. The lowest BCUT2D eigenvalue weighted by Gasteiger charge is -2.27. The Labute approximate surface area is 167 Å². The SMILES string of the molecule is Cc1cc(C)cc(NS(=O)(=O)c2c(C(=O)N3CCCCC3)c(C)n(C)c2C)c1. The van der Waals surface area contributed by atoms with Gasteiger partial charge in [-0.15, -0.1) is 0 Å². The van der Waals surface area contributed by atoms with Gasteiger partial charge in [0.1, 0.15) is 4.90 Å². The number of nitrogens with one attached hydrogen (secondary N) is 1. The maximum Gasteiger partial charge on any atom is 0.264 e. The monoisotopic (exact) mass is 403 g/mol. The van der Waals surface area contributed by atoms with Crippen LogP contribution in [0.5, 0.6) is 0 Å². The Morgan fingerprint density at radius 1 is 0.929 bits per heavy atom. The summed E-state index contributed by atoms with van der Waals surface area (Å²) < 4.78 is 31.1. The van der Waals surface area contributed by atoms with Crippen LogP contribution < -0.4 is 4.72 Å². The lowest BCUT2D eigenvalue weighted by Crippen LogP contribution is -2.36. The zero-order chi connectivity index (χ0) is 20.6. The Bertz CT molecular complexity index is 996. The summed E-state index contributed by atoms with van der Waals surface area (Å²) in [5.41, 5.74) is 3.99. The van der Waals surface area contributed by atoms with Crippen LogP contribution in [0.3, 0.4) is 0 Å². The molecule has 28 heavy (non-hydrogen) atoms. The molecule has 1 aliphatic heterocycles. The van der Waals surface area contributed by atoms with E-state index in [0.29, 0.717) is 35.7 Å². The molecule has 7 heteroatoms. The number of nitrogens with zero attached hydrogens (tertiary/aromatic N) is 2. The number of piperidine rings is 1. The smallest absolute Gasteiger partial charge is 0.264 e.